The lowest BCUT2D eigenvalue weighted by Crippen LogP contribution is -2.33. The molecule has 1 fully saturated rings. The van der Waals surface area contributed by atoms with E-state index in [1.807, 2.05) is 19.1 Å². The summed E-state index contributed by atoms with van der Waals surface area (Å²) in [5.74, 6) is 0.860. The fourth-order valence-electron chi connectivity index (χ4n) is 2.77. The van der Waals surface area contributed by atoms with Gasteiger partial charge in [-0.25, -0.2) is 0 Å². The highest BCUT2D eigenvalue weighted by molar-refractivity contribution is 6.21. The first-order valence-electron chi connectivity index (χ1n) is 6.88. The monoisotopic (exact) mass is 275 g/mol. The maximum absolute atomic E-state index is 6.40. The zero-order chi connectivity index (χ0) is 13.2. The second-order valence-corrected chi connectivity index (χ2v) is 5.79. The lowest BCUT2D eigenvalue weighted by molar-refractivity contribution is 0.468. The molecule has 0 aliphatic heterocycles. The van der Waals surface area contributed by atoms with Crippen molar-refractivity contribution in [3.8, 4) is 0 Å². The molecule has 0 saturated heterocycles. The van der Waals surface area contributed by atoms with E-state index >= 15 is 0 Å². The number of alkyl halides is 1. The highest BCUT2D eigenvalue weighted by Crippen LogP contribution is 2.28. The number of halogens is 1. The van der Waals surface area contributed by atoms with Crippen LogP contribution in [-0.4, -0.2) is 21.6 Å². The lowest BCUT2D eigenvalue weighted by Gasteiger charge is -2.28. The average molecular weight is 276 g/mol. The molecule has 1 saturated carbocycles. The maximum atomic E-state index is 6.40. The summed E-state index contributed by atoms with van der Waals surface area (Å²) < 4.78 is 0. The van der Waals surface area contributed by atoms with Crippen LogP contribution in [0.15, 0.2) is 24.3 Å². The summed E-state index contributed by atoms with van der Waals surface area (Å²) in [7, 11) is 0. The Kier molecular flexibility index (Phi) is 3.56. The van der Waals surface area contributed by atoms with E-state index in [0.29, 0.717) is 6.04 Å². The zero-order valence-electron chi connectivity index (χ0n) is 11.1. The SMILES string of the molecule is Cc1nnc(NC2CCCCC2Cl)c2ccccc12. The van der Waals surface area contributed by atoms with E-state index in [9.17, 15) is 0 Å². The number of aromatic nitrogens is 2. The summed E-state index contributed by atoms with van der Waals surface area (Å²) in [5, 5.41) is 14.5. The summed E-state index contributed by atoms with van der Waals surface area (Å²) in [6, 6.07) is 8.55. The number of rotatable bonds is 2. The lowest BCUT2D eigenvalue weighted by atomic mass is 9.95. The van der Waals surface area contributed by atoms with Gasteiger partial charge in [-0.15, -0.1) is 16.7 Å². The molecular formula is C15H18ClN3. The smallest absolute Gasteiger partial charge is 0.156 e. The van der Waals surface area contributed by atoms with Gasteiger partial charge in [-0.2, -0.15) is 5.10 Å². The molecule has 1 N–H and O–H groups in total. The molecule has 1 aromatic heterocycles. The minimum Gasteiger partial charge on any atom is -0.364 e. The van der Waals surface area contributed by atoms with Gasteiger partial charge in [0.05, 0.1) is 11.1 Å². The molecule has 0 amide bonds. The number of hydrogen-bond donors (Lipinski definition) is 1. The first kappa shape index (κ1) is 12.7. The van der Waals surface area contributed by atoms with Gasteiger partial charge in [0, 0.05) is 16.8 Å². The summed E-state index contributed by atoms with van der Waals surface area (Å²) in [6.45, 7) is 1.99. The van der Waals surface area contributed by atoms with Crippen molar-refractivity contribution in [1.29, 1.82) is 0 Å². The third-order valence-corrected chi connectivity index (χ3v) is 4.40. The fourth-order valence-corrected chi connectivity index (χ4v) is 3.11. The van der Waals surface area contributed by atoms with Crippen molar-refractivity contribution >= 4 is 28.2 Å². The summed E-state index contributed by atoms with van der Waals surface area (Å²) in [5.41, 5.74) is 0.965. The predicted octanol–water partition coefficient (Wildman–Crippen LogP) is 3.90. The van der Waals surface area contributed by atoms with Crippen LogP contribution in [-0.2, 0) is 0 Å². The number of anilines is 1. The van der Waals surface area contributed by atoms with Crippen molar-refractivity contribution in [2.24, 2.45) is 0 Å². The van der Waals surface area contributed by atoms with Crippen molar-refractivity contribution in [2.75, 3.05) is 5.32 Å². The first-order valence-corrected chi connectivity index (χ1v) is 7.32. The molecule has 1 heterocycles. The number of nitrogens with one attached hydrogen (secondary N) is 1. The van der Waals surface area contributed by atoms with Gasteiger partial charge in [0.2, 0.25) is 0 Å². The van der Waals surface area contributed by atoms with Crippen LogP contribution in [0.3, 0.4) is 0 Å². The minimum absolute atomic E-state index is 0.190. The second kappa shape index (κ2) is 5.33. The van der Waals surface area contributed by atoms with Crippen LogP contribution in [0.25, 0.3) is 10.8 Å². The number of hydrogen-bond acceptors (Lipinski definition) is 3. The van der Waals surface area contributed by atoms with E-state index in [-0.39, 0.29) is 5.38 Å². The fraction of sp³-hybridized carbons (Fsp3) is 0.467. The number of fused-ring (bicyclic) bond motifs is 1. The molecule has 2 unspecified atom stereocenters. The van der Waals surface area contributed by atoms with E-state index in [2.05, 4.69) is 27.6 Å². The number of aryl methyl sites for hydroxylation is 1. The Bertz CT molecular complexity index is 585. The molecule has 3 rings (SSSR count). The molecule has 1 aliphatic carbocycles. The van der Waals surface area contributed by atoms with Gasteiger partial charge in [0.25, 0.3) is 0 Å². The number of benzene rings is 1. The number of nitrogens with zero attached hydrogens (tertiary/aromatic N) is 2. The van der Waals surface area contributed by atoms with Crippen LogP contribution < -0.4 is 5.32 Å². The van der Waals surface area contributed by atoms with Gasteiger partial charge >= 0.3 is 0 Å². The zero-order valence-corrected chi connectivity index (χ0v) is 11.8. The van der Waals surface area contributed by atoms with E-state index in [1.165, 1.54) is 12.8 Å². The molecule has 0 spiro atoms. The normalized spacial score (nSPS) is 23.5. The standard InChI is InChI=1S/C15H18ClN3/c1-10-11-6-2-3-7-12(11)15(19-18-10)17-14-9-5-4-8-13(14)16/h2-3,6-7,13-14H,4-5,8-9H2,1H3,(H,17,19). The van der Waals surface area contributed by atoms with Crippen molar-refractivity contribution in [1.82, 2.24) is 10.2 Å². The minimum atomic E-state index is 0.190. The topological polar surface area (TPSA) is 37.8 Å². The molecule has 2 aromatic rings. The summed E-state index contributed by atoms with van der Waals surface area (Å²) >= 11 is 6.40. The highest BCUT2D eigenvalue weighted by Gasteiger charge is 2.24. The Morgan fingerprint density at radius 1 is 1.11 bits per heavy atom. The maximum Gasteiger partial charge on any atom is 0.156 e. The van der Waals surface area contributed by atoms with Crippen LogP contribution in [0.2, 0.25) is 0 Å². The van der Waals surface area contributed by atoms with Crippen LogP contribution in [0.5, 0.6) is 0 Å². The highest BCUT2D eigenvalue weighted by atomic mass is 35.5. The molecule has 0 radical (unpaired) electrons. The molecule has 1 aromatic carbocycles. The third-order valence-electron chi connectivity index (χ3n) is 3.88. The second-order valence-electron chi connectivity index (χ2n) is 5.23. The molecule has 19 heavy (non-hydrogen) atoms. The van der Waals surface area contributed by atoms with Crippen LogP contribution in [0.4, 0.5) is 5.82 Å². The van der Waals surface area contributed by atoms with Crippen molar-refractivity contribution in [3.63, 3.8) is 0 Å². The third kappa shape index (κ3) is 2.52. The molecule has 2 atom stereocenters. The predicted molar refractivity (Wildman–Crippen MR) is 79.8 cm³/mol. The van der Waals surface area contributed by atoms with E-state index in [1.54, 1.807) is 0 Å². The molecule has 4 heteroatoms. The van der Waals surface area contributed by atoms with Crippen molar-refractivity contribution in [2.45, 2.75) is 44.0 Å². The molecule has 0 bridgehead atoms. The molecule has 3 nitrogen and oxygen atoms in total. The van der Waals surface area contributed by atoms with E-state index in [0.717, 1.165) is 35.1 Å². The van der Waals surface area contributed by atoms with E-state index < -0.39 is 0 Å². The summed E-state index contributed by atoms with van der Waals surface area (Å²) in [6.07, 6.45) is 4.65. The van der Waals surface area contributed by atoms with Gasteiger partial charge in [-0.05, 0) is 19.8 Å². The Hall–Kier alpha value is -1.35. The first-order chi connectivity index (χ1) is 9.25. The van der Waals surface area contributed by atoms with Crippen LogP contribution >= 0.6 is 11.6 Å². The Morgan fingerprint density at radius 3 is 2.63 bits per heavy atom. The Morgan fingerprint density at radius 2 is 1.84 bits per heavy atom. The summed E-state index contributed by atoms with van der Waals surface area (Å²) in [4.78, 5) is 0. The van der Waals surface area contributed by atoms with Gasteiger partial charge < -0.3 is 5.32 Å². The van der Waals surface area contributed by atoms with Gasteiger partial charge in [-0.1, -0.05) is 37.1 Å². The van der Waals surface area contributed by atoms with Gasteiger partial charge in [0.15, 0.2) is 5.82 Å². The van der Waals surface area contributed by atoms with Crippen LogP contribution in [0, 0.1) is 6.92 Å². The van der Waals surface area contributed by atoms with Crippen molar-refractivity contribution < 1.29 is 0 Å². The average Bonchev–Trinajstić information content (AvgIpc) is 2.44. The quantitative estimate of drug-likeness (QED) is 0.845. The Balaban J connectivity index is 1.94. The molecule has 100 valence electrons. The van der Waals surface area contributed by atoms with Crippen molar-refractivity contribution in [3.05, 3.63) is 30.0 Å². The van der Waals surface area contributed by atoms with Crippen LogP contribution in [0.1, 0.15) is 31.4 Å². The largest absolute Gasteiger partial charge is 0.364 e. The van der Waals surface area contributed by atoms with E-state index in [4.69, 9.17) is 11.6 Å². The van der Waals surface area contributed by atoms with Gasteiger partial charge in [-0.3, -0.25) is 0 Å². The molecular weight excluding hydrogens is 258 g/mol. The molecule has 1 aliphatic rings. The van der Waals surface area contributed by atoms with Gasteiger partial charge in [0.1, 0.15) is 0 Å². The Labute approximate surface area is 118 Å².